The van der Waals surface area contributed by atoms with Crippen LogP contribution in [-0.4, -0.2) is 58.5 Å². The molecular formula is C16H23N9O3. The summed E-state index contributed by atoms with van der Waals surface area (Å²) in [5, 5.41) is 13.5. The number of pyridine rings is 1. The van der Waals surface area contributed by atoms with Gasteiger partial charge in [0.05, 0.1) is 16.8 Å². The van der Waals surface area contributed by atoms with Gasteiger partial charge in [0.1, 0.15) is 17.1 Å². The minimum atomic E-state index is -0.594. The molecule has 150 valence electrons. The quantitative estimate of drug-likeness (QED) is 0.417. The summed E-state index contributed by atoms with van der Waals surface area (Å²) >= 11 is 0. The number of amides is 1. The fraction of sp³-hybridized carbons (Fsp3) is 0.375. The van der Waals surface area contributed by atoms with E-state index in [4.69, 9.17) is 17.2 Å². The van der Waals surface area contributed by atoms with E-state index in [1.165, 1.54) is 23.9 Å². The second kappa shape index (κ2) is 7.23. The van der Waals surface area contributed by atoms with E-state index < -0.39 is 10.8 Å². The van der Waals surface area contributed by atoms with E-state index in [-0.39, 0.29) is 34.3 Å². The second-order valence-electron chi connectivity index (χ2n) is 6.72. The maximum Gasteiger partial charge on any atom is 0.287 e. The normalized spacial score (nSPS) is 14.9. The molecule has 1 saturated heterocycles. The summed E-state index contributed by atoms with van der Waals surface area (Å²) in [6.07, 6.45) is 1.25. The monoisotopic (exact) mass is 389 g/mol. The maximum absolute atomic E-state index is 12.6. The van der Waals surface area contributed by atoms with Crippen molar-refractivity contribution in [2.24, 2.45) is 7.05 Å². The Bertz CT molecular complexity index is 932. The minimum absolute atomic E-state index is 0.0486. The van der Waals surface area contributed by atoms with Crippen LogP contribution in [0, 0.1) is 10.1 Å². The Morgan fingerprint density at radius 1 is 1.14 bits per heavy atom. The van der Waals surface area contributed by atoms with E-state index in [0.29, 0.717) is 18.9 Å². The smallest absolute Gasteiger partial charge is 0.287 e. The topological polar surface area (TPSA) is 175 Å². The fourth-order valence-electron chi connectivity index (χ4n) is 3.02. The van der Waals surface area contributed by atoms with Crippen molar-refractivity contribution >= 4 is 40.3 Å². The number of likely N-dealkylation sites (N-methyl/N-ethyl adjacent to an activating group) is 1. The van der Waals surface area contributed by atoms with Crippen molar-refractivity contribution in [1.82, 2.24) is 14.5 Å². The molecule has 0 aliphatic carbocycles. The van der Waals surface area contributed by atoms with Crippen LogP contribution in [-0.2, 0) is 7.05 Å². The summed E-state index contributed by atoms with van der Waals surface area (Å²) in [6.45, 7) is 3.07. The summed E-state index contributed by atoms with van der Waals surface area (Å²) in [5.41, 5.74) is 18.5. The van der Waals surface area contributed by atoms with Gasteiger partial charge >= 0.3 is 0 Å². The number of carbonyl (C=O) groups is 1. The number of hydrogen-bond acceptors (Lipinski definition) is 9. The van der Waals surface area contributed by atoms with Crippen molar-refractivity contribution in [3.05, 3.63) is 28.1 Å². The second-order valence-corrected chi connectivity index (χ2v) is 6.72. The first kappa shape index (κ1) is 19.2. The predicted molar refractivity (Wildman–Crippen MR) is 107 cm³/mol. The summed E-state index contributed by atoms with van der Waals surface area (Å²) in [6, 6.07) is 1.17. The first-order valence-electron chi connectivity index (χ1n) is 8.59. The number of aromatic nitrogens is 2. The maximum atomic E-state index is 12.6. The van der Waals surface area contributed by atoms with Gasteiger partial charge in [-0.05, 0) is 7.05 Å². The van der Waals surface area contributed by atoms with Gasteiger partial charge in [0.2, 0.25) is 0 Å². The van der Waals surface area contributed by atoms with E-state index in [1.807, 2.05) is 11.9 Å². The van der Waals surface area contributed by atoms with Crippen LogP contribution in [0.15, 0.2) is 12.3 Å². The van der Waals surface area contributed by atoms with Gasteiger partial charge in [-0.3, -0.25) is 14.9 Å². The molecule has 3 rings (SSSR count). The predicted octanol–water partition coefficient (Wildman–Crippen LogP) is 0.0790. The van der Waals surface area contributed by atoms with E-state index in [2.05, 4.69) is 15.2 Å². The van der Waals surface area contributed by atoms with E-state index in [9.17, 15) is 14.9 Å². The number of piperazine rings is 1. The standard InChI is InChI=1S/C16H23N9O3/c1-22-3-5-24(6-4-22)15-13(19)11(17)12(18)14(20-15)21-16(26)10-7-9(25(27)28)8-23(10)2/h7-8H,3-6,18-19H2,1-2H3,(H3,17,20,21,26). The molecule has 0 spiro atoms. The lowest BCUT2D eigenvalue weighted by molar-refractivity contribution is -0.384. The number of carbonyl (C=O) groups excluding carboxylic acids is 1. The van der Waals surface area contributed by atoms with Gasteiger partial charge < -0.3 is 36.9 Å². The highest BCUT2D eigenvalue weighted by molar-refractivity contribution is 6.06. The number of nitrogens with one attached hydrogen (secondary N) is 1. The van der Waals surface area contributed by atoms with Gasteiger partial charge in [-0.2, -0.15) is 0 Å². The average molecular weight is 389 g/mol. The van der Waals surface area contributed by atoms with Crippen LogP contribution in [0.4, 0.5) is 34.4 Å². The number of aryl methyl sites for hydroxylation is 1. The van der Waals surface area contributed by atoms with Crippen LogP contribution >= 0.6 is 0 Å². The molecule has 0 atom stereocenters. The third kappa shape index (κ3) is 3.49. The summed E-state index contributed by atoms with van der Waals surface area (Å²) in [5.74, 6) is -0.0780. The molecule has 0 radical (unpaired) electrons. The average Bonchev–Trinajstić information content (AvgIpc) is 3.05. The zero-order valence-electron chi connectivity index (χ0n) is 15.7. The van der Waals surface area contributed by atoms with Crippen molar-refractivity contribution in [3.8, 4) is 0 Å². The summed E-state index contributed by atoms with van der Waals surface area (Å²) < 4.78 is 1.35. The van der Waals surface area contributed by atoms with Gasteiger partial charge in [0.25, 0.3) is 11.6 Å². The number of hydrogen-bond donors (Lipinski definition) is 4. The highest BCUT2D eigenvalue weighted by atomic mass is 16.6. The van der Waals surface area contributed by atoms with Crippen molar-refractivity contribution in [1.29, 1.82) is 0 Å². The Morgan fingerprint density at radius 2 is 1.79 bits per heavy atom. The highest BCUT2D eigenvalue weighted by Gasteiger charge is 2.24. The minimum Gasteiger partial charge on any atom is -0.395 e. The van der Waals surface area contributed by atoms with Crippen molar-refractivity contribution < 1.29 is 9.72 Å². The van der Waals surface area contributed by atoms with Gasteiger partial charge in [-0.25, -0.2) is 4.98 Å². The van der Waals surface area contributed by atoms with Gasteiger partial charge in [0.15, 0.2) is 11.6 Å². The lowest BCUT2D eigenvalue weighted by atomic mass is 10.2. The van der Waals surface area contributed by atoms with E-state index in [1.54, 1.807) is 0 Å². The molecule has 1 amide bonds. The third-order valence-electron chi connectivity index (χ3n) is 4.76. The largest absolute Gasteiger partial charge is 0.395 e. The first-order valence-corrected chi connectivity index (χ1v) is 8.59. The molecular weight excluding hydrogens is 366 g/mol. The molecule has 0 unspecified atom stereocenters. The lowest BCUT2D eigenvalue weighted by Crippen LogP contribution is -2.45. The molecule has 2 aromatic rings. The van der Waals surface area contributed by atoms with Crippen molar-refractivity contribution in [2.45, 2.75) is 0 Å². The number of nitrogens with zero attached hydrogens (tertiary/aromatic N) is 5. The Kier molecular flexibility index (Phi) is 4.96. The highest BCUT2D eigenvalue weighted by Crippen LogP contribution is 2.36. The molecule has 2 aromatic heterocycles. The molecule has 28 heavy (non-hydrogen) atoms. The third-order valence-corrected chi connectivity index (χ3v) is 4.76. The molecule has 1 aliphatic heterocycles. The molecule has 7 N–H and O–H groups in total. The first-order chi connectivity index (χ1) is 13.2. The molecule has 0 bridgehead atoms. The Labute approximate surface area is 161 Å². The van der Waals surface area contributed by atoms with Crippen LogP contribution in [0.2, 0.25) is 0 Å². The van der Waals surface area contributed by atoms with E-state index in [0.717, 1.165) is 13.1 Å². The Balaban J connectivity index is 1.91. The molecule has 3 heterocycles. The van der Waals surface area contributed by atoms with Gasteiger partial charge in [-0.1, -0.05) is 0 Å². The lowest BCUT2D eigenvalue weighted by Gasteiger charge is -2.34. The molecule has 12 nitrogen and oxygen atoms in total. The number of anilines is 5. The van der Waals surface area contributed by atoms with Crippen LogP contribution in [0.5, 0.6) is 0 Å². The summed E-state index contributed by atoms with van der Waals surface area (Å²) in [4.78, 5) is 31.5. The molecule has 0 aromatic carbocycles. The summed E-state index contributed by atoms with van der Waals surface area (Å²) in [7, 11) is 3.56. The SMILES string of the molecule is CN1CCN(c2nc(NC(=O)c3cc([N+](=O)[O-])cn3C)c(N)c(N)c2N)CC1. The Morgan fingerprint density at radius 3 is 2.36 bits per heavy atom. The van der Waals surface area contributed by atoms with Crippen LogP contribution in [0.3, 0.4) is 0 Å². The fourth-order valence-corrected chi connectivity index (χ4v) is 3.02. The molecule has 1 fully saturated rings. The van der Waals surface area contributed by atoms with Gasteiger partial charge in [0, 0.05) is 39.3 Å². The van der Waals surface area contributed by atoms with Crippen molar-refractivity contribution in [2.75, 3.05) is 60.6 Å². The van der Waals surface area contributed by atoms with Crippen molar-refractivity contribution in [3.63, 3.8) is 0 Å². The number of nitro groups is 1. The van der Waals surface area contributed by atoms with Crippen LogP contribution in [0.25, 0.3) is 0 Å². The molecule has 0 saturated carbocycles. The number of rotatable bonds is 4. The number of nitrogens with two attached hydrogens (primary N) is 3. The molecule has 1 aliphatic rings. The van der Waals surface area contributed by atoms with Gasteiger partial charge in [-0.15, -0.1) is 0 Å². The van der Waals surface area contributed by atoms with Crippen LogP contribution < -0.4 is 27.4 Å². The van der Waals surface area contributed by atoms with Crippen LogP contribution in [0.1, 0.15) is 10.5 Å². The zero-order valence-corrected chi connectivity index (χ0v) is 15.7. The van der Waals surface area contributed by atoms with E-state index >= 15 is 0 Å². The molecule has 12 heteroatoms. The Hall–Kier alpha value is -3.54. The zero-order chi connectivity index (χ0) is 20.6. The number of nitrogen functional groups attached to an aromatic ring is 3.